The van der Waals surface area contributed by atoms with Crippen molar-refractivity contribution < 1.29 is 5.11 Å². The van der Waals surface area contributed by atoms with Gasteiger partial charge in [0.05, 0.1) is 12.2 Å². The van der Waals surface area contributed by atoms with Gasteiger partial charge in [0.2, 0.25) is 0 Å². The van der Waals surface area contributed by atoms with Crippen molar-refractivity contribution in [2.75, 3.05) is 13.1 Å². The van der Waals surface area contributed by atoms with Crippen LogP contribution in [0.3, 0.4) is 0 Å². The molecule has 0 aromatic heterocycles. The molecule has 1 fully saturated rings. The SMILES string of the molecule is N#CCCNCC1CCC(O)CC1. The number of hydrogen-bond donors (Lipinski definition) is 2. The van der Waals surface area contributed by atoms with Crippen molar-refractivity contribution in [3.05, 3.63) is 0 Å². The maximum atomic E-state index is 9.27. The van der Waals surface area contributed by atoms with Crippen molar-refractivity contribution in [3.8, 4) is 6.07 Å². The Morgan fingerprint density at radius 1 is 1.31 bits per heavy atom. The van der Waals surface area contributed by atoms with E-state index in [2.05, 4.69) is 11.4 Å². The molecule has 0 bridgehead atoms. The molecule has 1 aliphatic carbocycles. The van der Waals surface area contributed by atoms with E-state index in [0.717, 1.165) is 38.8 Å². The Bertz CT molecular complexity index is 168. The molecule has 0 aliphatic heterocycles. The second-order valence-electron chi connectivity index (χ2n) is 3.79. The van der Waals surface area contributed by atoms with Crippen molar-refractivity contribution in [1.82, 2.24) is 5.32 Å². The third-order valence-corrected chi connectivity index (χ3v) is 2.66. The highest BCUT2D eigenvalue weighted by Gasteiger charge is 2.18. The maximum absolute atomic E-state index is 9.27. The van der Waals surface area contributed by atoms with Gasteiger partial charge in [0.15, 0.2) is 0 Å². The van der Waals surface area contributed by atoms with Gasteiger partial charge in [-0.15, -0.1) is 0 Å². The Kier molecular flexibility index (Phi) is 4.81. The first kappa shape index (κ1) is 10.5. The van der Waals surface area contributed by atoms with Crippen LogP contribution in [0, 0.1) is 17.2 Å². The fraction of sp³-hybridized carbons (Fsp3) is 0.900. The molecule has 0 unspecified atom stereocenters. The largest absolute Gasteiger partial charge is 0.393 e. The van der Waals surface area contributed by atoms with Crippen molar-refractivity contribution >= 4 is 0 Å². The second-order valence-corrected chi connectivity index (χ2v) is 3.79. The van der Waals surface area contributed by atoms with Crippen LogP contribution >= 0.6 is 0 Å². The van der Waals surface area contributed by atoms with E-state index in [1.165, 1.54) is 0 Å². The minimum absolute atomic E-state index is 0.0599. The number of aliphatic hydroxyl groups excluding tert-OH is 1. The highest BCUT2D eigenvalue weighted by Crippen LogP contribution is 2.23. The van der Waals surface area contributed by atoms with Crippen LogP contribution in [-0.2, 0) is 0 Å². The molecule has 3 heteroatoms. The minimum atomic E-state index is -0.0599. The summed E-state index contributed by atoms with van der Waals surface area (Å²) in [6.45, 7) is 1.81. The molecule has 0 saturated heterocycles. The standard InChI is InChI=1S/C10H18N2O/c11-6-1-7-12-8-9-2-4-10(13)5-3-9/h9-10,12-13H,1-5,7-8H2. The molecule has 13 heavy (non-hydrogen) atoms. The third kappa shape index (κ3) is 4.25. The topological polar surface area (TPSA) is 56.0 Å². The van der Waals surface area contributed by atoms with E-state index in [1.807, 2.05) is 0 Å². The Balaban J connectivity index is 2.00. The van der Waals surface area contributed by atoms with E-state index < -0.39 is 0 Å². The van der Waals surface area contributed by atoms with E-state index in [9.17, 15) is 5.11 Å². The molecule has 1 rings (SSSR count). The Morgan fingerprint density at radius 2 is 2.00 bits per heavy atom. The van der Waals surface area contributed by atoms with Crippen LogP contribution in [0.15, 0.2) is 0 Å². The summed E-state index contributed by atoms with van der Waals surface area (Å²) in [5, 5.41) is 20.9. The molecule has 1 aliphatic rings. The quantitative estimate of drug-likeness (QED) is 0.639. The van der Waals surface area contributed by atoms with Crippen LogP contribution in [0.2, 0.25) is 0 Å². The molecule has 2 N–H and O–H groups in total. The lowest BCUT2D eigenvalue weighted by atomic mass is 9.87. The van der Waals surface area contributed by atoms with E-state index >= 15 is 0 Å². The first-order valence-corrected chi connectivity index (χ1v) is 5.08. The normalized spacial score (nSPS) is 28.3. The van der Waals surface area contributed by atoms with Crippen molar-refractivity contribution in [2.45, 2.75) is 38.2 Å². The average Bonchev–Trinajstić information content (AvgIpc) is 2.15. The predicted octanol–water partition coefficient (Wildman–Crippen LogP) is 1.04. The molecule has 1 saturated carbocycles. The fourth-order valence-electron chi connectivity index (χ4n) is 1.80. The number of nitrogens with one attached hydrogen (secondary N) is 1. The first-order valence-electron chi connectivity index (χ1n) is 5.08. The minimum Gasteiger partial charge on any atom is -0.393 e. The highest BCUT2D eigenvalue weighted by molar-refractivity contribution is 4.75. The van der Waals surface area contributed by atoms with Crippen LogP contribution in [-0.4, -0.2) is 24.3 Å². The van der Waals surface area contributed by atoms with Crippen molar-refractivity contribution in [1.29, 1.82) is 5.26 Å². The van der Waals surface area contributed by atoms with Gasteiger partial charge in [-0.25, -0.2) is 0 Å². The molecule has 3 nitrogen and oxygen atoms in total. The van der Waals surface area contributed by atoms with Crippen molar-refractivity contribution in [2.24, 2.45) is 5.92 Å². The van der Waals surface area contributed by atoms with Gasteiger partial charge in [-0.05, 0) is 38.1 Å². The van der Waals surface area contributed by atoms with E-state index in [-0.39, 0.29) is 6.10 Å². The van der Waals surface area contributed by atoms with Crippen LogP contribution < -0.4 is 5.32 Å². The summed E-state index contributed by atoms with van der Waals surface area (Å²) < 4.78 is 0. The molecule has 0 aromatic rings. The molecule has 0 amide bonds. The van der Waals surface area contributed by atoms with Crippen LogP contribution in [0.1, 0.15) is 32.1 Å². The highest BCUT2D eigenvalue weighted by atomic mass is 16.3. The van der Waals surface area contributed by atoms with Gasteiger partial charge in [0.1, 0.15) is 0 Å². The lowest BCUT2D eigenvalue weighted by Gasteiger charge is -2.25. The van der Waals surface area contributed by atoms with Crippen LogP contribution in [0.4, 0.5) is 0 Å². The molecule has 0 atom stereocenters. The maximum Gasteiger partial charge on any atom is 0.0635 e. The Labute approximate surface area is 79.8 Å². The number of nitrogens with zero attached hydrogens (tertiary/aromatic N) is 1. The zero-order valence-corrected chi connectivity index (χ0v) is 8.00. The molecular formula is C10H18N2O. The average molecular weight is 182 g/mol. The van der Waals surface area contributed by atoms with Crippen molar-refractivity contribution in [3.63, 3.8) is 0 Å². The van der Waals surface area contributed by atoms with E-state index in [1.54, 1.807) is 0 Å². The summed E-state index contributed by atoms with van der Waals surface area (Å²) in [6, 6.07) is 2.11. The Hall–Kier alpha value is -0.590. The summed E-state index contributed by atoms with van der Waals surface area (Å²) in [6.07, 6.45) is 4.68. The predicted molar refractivity (Wildman–Crippen MR) is 51.1 cm³/mol. The van der Waals surface area contributed by atoms with E-state index in [0.29, 0.717) is 12.3 Å². The van der Waals surface area contributed by atoms with Gasteiger partial charge < -0.3 is 10.4 Å². The van der Waals surface area contributed by atoms with Gasteiger partial charge in [-0.1, -0.05) is 0 Å². The van der Waals surface area contributed by atoms with Gasteiger partial charge in [-0.3, -0.25) is 0 Å². The smallest absolute Gasteiger partial charge is 0.0635 e. The monoisotopic (exact) mass is 182 g/mol. The third-order valence-electron chi connectivity index (χ3n) is 2.66. The fourth-order valence-corrected chi connectivity index (χ4v) is 1.80. The van der Waals surface area contributed by atoms with Gasteiger partial charge in [0, 0.05) is 13.0 Å². The lowest BCUT2D eigenvalue weighted by Crippen LogP contribution is -2.28. The summed E-state index contributed by atoms with van der Waals surface area (Å²) in [7, 11) is 0. The summed E-state index contributed by atoms with van der Waals surface area (Å²) in [4.78, 5) is 0. The van der Waals surface area contributed by atoms with E-state index in [4.69, 9.17) is 5.26 Å². The number of rotatable bonds is 4. The molecule has 0 heterocycles. The lowest BCUT2D eigenvalue weighted by molar-refractivity contribution is 0.108. The zero-order valence-electron chi connectivity index (χ0n) is 8.00. The Morgan fingerprint density at radius 3 is 2.62 bits per heavy atom. The number of nitriles is 1. The molecule has 74 valence electrons. The van der Waals surface area contributed by atoms with Gasteiger partial charge >= 0.3 is 0 Å². The molecular weight excluding hydrogens is 164 g/mol. The second kappa shape index (κ2) is 5.95. The summed E-state index contributed by atoms with van der Waals surface area (Å²) in [5.74, 6) is 0.710. The van der Waals surface area contributed by atoms with Crippen LogP contribution in [0.25, 0.3) is 0 Å². The first-order chi connectivity index (χ1) is 6.33. The van der Waals surface area contributed by atoms with Crippen LogP contribution in [0.5, 0.6) is 0 Å². The zero-order chi connectivity index (χ0) is 9.52. The van der Waals surface area contributed by atoms with Gasteiger partial charge in [-0.2, -0.15) is 5.26 Å². The number of hydrogen-bond acceptors (Lipinski definition) is 3. The molecule has 0 radical (unpaired) electrons. The number of aliphatic hydroxyl groups is 1. The molecule has 0 aromatic carbocycles. The molecule has 0 spiro atoms. The van der Waals surface area contributed by atoms with Gasteiger partial charge in [0.25, 0.3) is 0 Å². The summed E-state index contributed by atoms with van der Waals surface area (Å²) >= 11 is 0. The summed E-state index contributed by atoms with van der Waals surface area (Å²) in [5.41, 5.74) is 0.